The first-order chi connectivity index (χ1) is 7.80. The molecule has 1 aliphatic heterocycles. The van der Waals surface area contributed by atoms with Crippen molar-refractivity contribution >= 4 is 17.3 Å². The lowest BCUT2D eigenvalue weighted by Gasteiger charge is -2.33. The zero-order chi connectivity index (χ0) is 12.8. The van der Waals surface area contributed by atoms with Crippen molar-refractivity contribution in [3.05, 3.63) is 23.8 Å². The molecule has 1 N–H and O–H groups in total. The molecule has 0 spiro atoms. The molecule has 17 heavy (non-hydrogen) atoms. The van der Waals surface area contributed by atoms with Crippen molar-refractivity contribution in [3.63, 3.8) is 0 Å². The average molecular weight is 244 g/mol. The molecule has 0 saturated heterocycles. The Kier molecular flexibility index (Phi) is 2.52. The number of fused-ring (bicyclic) bond motifs is 1. The van der Waals surface area contributed by atoms with Crippen LogP contribution in [0, 0.1) is 0 Å². The molecule has 1 atom stereocenters. The van der Waals surface area contributed by atoms with Gasteiger partial charge in [0.05, 0.1) is 16.9 Å². The summed E-state index contributed by atoms with van der Waals surface area (Å²) < 4.78 is 37.7. The van der Waals surface area contributed by atoms with Gasteiger partial charge in [-0.1, -0.05) is 0 Å². The lowest BCUT2D eigenvalue weighted by molar-refractivity contribution is -0.137. The summed E-state index contributed by atoms with van der Waals surface area (Å²) >= 11 is 0. The predicted molar refractivity (Wildman–Crippen MR) is 57.9 cm³/mol. The quantitative estimate of drug-likeness (QED) is 0.760. The number of hydrogen-bond acceptors (Lipinski definition) is 2. The fourth-order valence-corrected chi connectivity index (χ4v) is 1.73. The van der Waals surface area contributed by atoms with E-state index in [1.807, 2.05) is 0 Å². The van der Waals surface area contributed by atoms with Crippen LogP contribution in [0.25, 0.3) is 0 Å². The Morgan fingerprint density at radius 1 is 1.35 bits per heavy atom. The van der Waals surface area contributed by atoms with Gasteiger partial charge in [0.2, 0.25) is 5.91 Å². The van der Waals surface area contributed by atoms with Gasteiger partial charge in [0.1, 0.15) is 6.04 Å². The maximum atomic E-state index is 12.6. The lowest BCUT2D eigenvalue weighted by atomic mass is 10.1. The highest BCUT2D eigenvalue weighted by atomic mass is 19.4. The third-order valence-corrected chi connectivity index (χ3v) is 2.92. The van der Waals surface area contributed by atoms with E-state index in [1.165, 1.54) is 11.0 Å². The van der Waals surface area contributed by atoms with E-state index in [4.69, 9.17) is 0 Å². The highest BCUT2D eigenvalue weighted by Crippen LogP contribution is 2.37. The number of carbonyl (C=O) groups excluding carboxylic acids is 1. The normalized spacial score (nSPS) is 19.9. The molecule has 0 fully saturated rings. The summed E-state index contributed by atoms with van der Waals surface area (Å²) in [5.41, 5.74) is 0.0713. The summed E-state index contributed by atoms with van der Waals surface area (Å²) in [7, 11) is 1.60. The molecule has 1 amide bonds. The van der Waals surface area contributed by atoms with Crippen LogP contribution in [0.5, 0.6) is 0 Å². The smallest absolute Gasteiger partial charge is 0.361 e. The van der Waals surface area contributed by atoms with Gasteiger partial charge in [-0.3, -0.25) is 4.79 Å². The molecule has 1 unspecified atom stereocenters. The molecule has 1 aliphatic rings. The summed E-state index contributed by atoms with van der Waals surface area (Å²) in [5.74, 6) is -0.222. The van der Waals surface area contributed by atoms with E-state index in [0.717, 1.165) is 12.1 Å². The van der Waals surface area contributed by atoms with Gasteiger partial charge < -0.3 is 10.2 Å². The number of nitrogens with zero attached hydrogens (tertiary/aromatic N) is 1. The minimum atomic E-state index is -4.37. The van der Waals surface area contributed by atoms with E-state index in [9.17, 15) is 18.0 Å². The zero-order valence-corrected chi connectivity index (χ0v) is 9.30. The van der Waals surface area contributed by atoms with Crippen LogP contribution in [-0.2, 0) is 11.0 Å². The first kappa shape index (κ1) is 11.8. The van der Waals surface area contributed by atoms with E-state index in [0.29, 0.717) is 11.4 Å². The highest BCUT2D eigenvalue weighted by molar-refractivity contribution is 6.03. The van der Waals surface area contributed by atoms with Gasteiger partial charge in [-0.05, 0) is 25.1 Å². The third-order valence-electron chi connectivity index (χ3n) is 2.92. The van der Waals surface area contributed by atoms with E-state index < -0.39 is 17.8 Å². The molecule has 6 heteroatoms. The Hall–Kier alpha value is -1.72. The van der Waals surface area contributed by atoms with Gasteiger partial charge in [-0.25, -0.2) is 0 Å². The van der Waals surface area contributed by atoms with E-state index in [-0.39, 0.29) is 5.91 Å². The average Bonchev–Trinajstić information content (AvgIpc) is 2.24. The second-order valence-corrected chi connectivity index (χ2v) is 4.01. The molecule has 1 aromatic carbocycles. The number of amides is 1. The highest BCUT2D eigenvalue weighted by Gasteiger charge is 2.34. The van der Waals surface area contributed by atoms with Crippen molar-refractivity contribution in [1.29, 1.82) is 0 Å². The van der Waals surface area contributed by atoms with Gasteiger partial charge in [-0.2, -0.15) is 13.2 Å². The predicted octanol–water partition coefficient (Wildman–Crippen LogP) is 2.48. The molecular formula is C11H11F3N2O. The molecule has 0 saturated carbocycles. The summed E-state index contributed by atoms with van der Waals surface area (Å²) in [6.45, 7) is 1.64. The van der Waals surface area contributed by atoms with Crippen LogP contribution in [0.2, 0.25) is 0 Å². The Morgan fingerprint density at radius 2 is 2.00 bits per heavy atom. The van der Waals surface area contributed by atoms with Crippen molar-refractivity contribution < 1.29 is 18.0 Å². The van der Waals surface area contributed by atoms with E-state index in [2.05, 4.69) is 5.32 Å². The topological polar surface area (TPSA) is 32.3 Å². The summed E-state index contributed by atoms with van der Waals surface area (Å²) in [4.78, 5) is 13.0. The summed E-state index contributed by atoms with van der Waals surface area (Å²) in [6.07, 6.45) is -4.37. The molecule has 0 bridgehead atoms. The van der Waals surface area contributed by atoms with Gasteiger partial charge >= 0.3 is 6.18 Å². The van der Waals surface area contributed by atoms with Gasteiger partial charge in [0.15, 0.2) is 0 Å². The van der Waals surface area contributed by atoms with Crippen molar-refractivity contribution in [2.75, 3.05) is 17.3 Å². The molecule has 1 heterocycles. The molecule has 2 rings (SSSR count). The van der Waals surface area contributed by atoms with Crippen molar-refractivity contribution in [1.82, 2.24) is 0 Å². The van der Waals surface area contributed by atoms with E-state index >= 15 is 0 Å². The number of alkyl halides is 3. The fraction of sp³-hybridized carbons (Fsp3) is 0.364. The standard InChI is InChI=1S/C11H11F3N2O/c1-6-10(17)15-8-4-3-7(11(12,13)14)5-9(8)16(6)2/h3-6H,1-2H3,(H,15,17). The molecule has 1 aromatic rings. The Bertz CT molecular complexity index is 470. The van der Waals surface area contributed by atoms with Crippen LogP contribution in [-0.4, -0.2) is 19.0 Å². The molecule has 3 nitrogen and oxygen atoms in total. The Balaban J connectivity index is 2.49. The number of anilines is 2. The van der Waals surface area contributed by atoms with Crippen molar-refractivity contribution in [2.24, 2.45) is 0 Å². The third kappa shape index (κ3) is 1.94. The number of nitrogens with one attached hydrogen (secondary N) is 1. The monoisotopic (exact) mass is 244 g/mol. The number of benzene rings is 1. The maximum absolute atomic E-state index is 12.6. The number of hydrogen-bond donors (Lipinski definition) is 1. The van der Waals surface area contributed by atoms with Crippen LogP contribution >= 0.6 is 0 Å². The van der Waals surface area contributed by atoms with Crippen LogP contribution in [0.1, 0.15) is 12.5 Å². The SMILES string of the molecule is CC1C(=O)Nc2ccc(C(F)(F)F)cc2N1C. The van der Waals surface area contributed by atoms with Gasteiger partial charge in [-0.15, -0.1) is 0 Å². The van der Waals surface area contributed by atoms with Crippen LogP contribution in [0.4, 0.5) is 24.5 Å². The number of halogens is 3. The van der Waals surface area contributed by atoms with Crippen molar-refractivity contribution in [3.8, 4) is 0 Å². The molecule has 0 aromatic heterocycles. The number of carbonyl (C=O) groups is 1. The lowest BCUT2D eigenvalue weighted by Crippen LogP contribution is -2.43. The summed E-state index contributed by atoms with van der Waals surface area (Å²) in [6, 6.07) is 2.80. The molecular weight excluding hydrogens is 233 g/mol. The van der Waals surface area contributed by atoms with Gasteiger partial charge in [0.25, 0.3) is 0 Å². The second-order valence-electron chi connectivity index (χ2n) is 4.01. The number of likely N-dealkylation sites (N-methyl/N-ethyl adjacent to an activating group) is 1. The Labute approximate surface area is 96.2 Å². The molecule has 0 aliphatic carbocycles. The maximum Gasteiger partial charge on any atom is 0.416 e. The number of rotatable bonds is 0. The van der Waals surface area contributed by atoms with Gasteiger partial charge in [0, 0.05) is 7.05 Å². The molecule has 92 valence electrons. The van der Waals surface area contributed by atoms with Crippen LogP contribution < -0.4 is 10.2 Å². The van der Waals surface area contributed by atoms with E-state index in [1.54, 1.807) is 14.0 Å². The first-order valence-corrected chi connectivity index (χ1v) is 5.05. The Morgan fingerprint density at radius 3 is 2.59 bits per heavy atom. The zero-order valence-electron chi connectivity index (χ0n) is 9.30. The fourth-order valence-electron chi connectivity index (χ4n) is 1.73. The first-order valence-electron chi connectivity index (χ1n) is 5.05. The van der Waals surface area contributed by atoms with Crippen LogP contribution in [0.3, 0.4) is 0 Å². The summed E-state index contributed by atoms with van der Waals surface area (Å²) in [5, 5.41) is 2.57. The second kappa shape index (κ2) is 3.65. The van der Waals surface area contributed by atoms with Crippen LogP contribution in [0.15, 0.2) is 18.2 Å². The van der Waals surface area contributed by atoms with Crippen molar-refractivity contribution in [2.45, 2.75) is 19.1 Å². The minimum Gasteiger partial charge on any atom is -0.361 e. The largest absolute Gasteiger partial charge is 0.416 e. The minimum absolute atomic E-state index is 0.222. The molecule has 0 radical (unpaired) electrons.